The van der Waals surface area contributed by atoms with E-state index in [0.29, 0.717) is 23.9 Å². The summed E-state index contributed by atoms with van der Waals surface area (Å²) in [6.45, 7) is 1.20. The number of hydrogen-bond acceptors (Lipinski definition) is 3. The fourth-order valence-corrected chi connectivity index (χ4v) is 3.02. The summed E-state index contributed by atoms with van der Waals surface area (Å²) >= 11 is 5.93. The van der Waals surface area contributed by atoms with Crippen LogP contribution in [0, 0.1) is 5.92 Å². The van der Waals surface area contributed by atoms with Crippen LogP contribution >= 0.6 is 11.6 Å². The molecule has 1 fully saturated rings. The van der Waals surface area contributed by atoms with Crippen molar-refractivity contribution in [2.45, 2.75) is 12.5 Å². The van der Waals surface area contributed by atoms with E-state index in [0.717, 1.165) is 6.42 Å². The highest BCUT2D eigenvalue weighted by Gasteiger charge is 2.30. The van der Waals surface area contributed by atoms with Gasteiger partial charge in [0.15, 0.2) is 0 Å². The lowest BCUT2D eigenvalue weighted by atomic mass is 9.95. The Hall–Kier alpha value is -1.85. The van der Waals surface area contributed by atoms with Crippen molar-refractivity contribution in [3.05, 3.63) is 53.1 Å². The quantitative estimate of drug-likeness (QED) is 0.938. The molecule has 1 amide bonds. The smallest absolute Gasteiger partial charge is 0.268 e. The molecular formula is C16H18ClN3O2. The molecule has 1 aliphatic heterocycles. The van der Waals surface area contributed by atoms with Crippen molar-refractivity contribution in [1.29, 1.82) is 0 Å². The van der Waals surface area contributed by atoms with E-state index in [9.17, 15) is 4.79 Å². The molecule has 3 heterocycles. The molecule has 3 rings (SSSR count). The second kappa shape index (κ2) is 6.50. The van der Waals surface area contributed by atoms with Gasteiger partial charge in [-0.3, -0.25) is 9.78 Å². The Morgan fingerprint density at radius 2 is 2.23 bits per heavy atom. The third-order valence-corrected chi connectivity index (χ3v) is 4.17. The van der Waals surface area contributed by atoms with Crippen LogP contribution in [0.1, 0.15) is 16.1 Å². The first-order chi connectivity index (χ1) is 10.6. The second-order valence-electron chi connectivity index (χ2n) is 5.59. The molecule has 0 radical (unpaired) electrons. The number of carbonyl (C=O) groups excluding carboxylic acids is 1. The molecule has 0 aromatic carbocycles. The number of aromatic nitrogens is 2. The summed E-state index contributed by atoms with van der Waals surface area (Å²) in [5, 5.41) is 3.62. The summed E-state index contributed by atoms with van der Waals surface area (Å²) in [6.07, 6.45) is 6.15. The SMILES string of the molecule is Cn1cc(Cl)cc1C(=O)N[C@H]1COC[C@H]1Cc1ccncc1. The van der Waals surface area contributed by atoms with E-state index < -0.39 is 0 Å². The normalized spacial score (nSPS) is 21.0. The molecule has 2 aromatic heterocycles. The van der Waals surface area contributed by atoms with Crippen LogP contribution in [0.25, 0.3) is 0 Å². The van der Waals surface area contributed by atoms with Crippen LogP contribution in [-0.2, 0) is 18.2 Å². The minimum Gasteiger partial charge on any atom is -0.379 e. The number of ether oxygens (including phenoxy) is 1. The first-order valence-electron chi connectivity index (χ1n) is 7.23. The summed E-state index contributed by atoms with van der Waals surface area (Å²) in [4.78, 5) is 16.4. The molecule has 0 saturated carbocycles. The van der Waals surface area contributed by atoms with Gasteiger partial charge in [-0.15, -0.1) is 0 Å². The predicted octanol–water partition coefficient (Wildman–Crippen LogP) is 2.06. The van der Waals surface area contributed by atoms with Crippen molar-refractivity contribution in [2.24, 2.45) is 13.0 Å². The number of amides is 1. The monoisotopic (exact) mass is 319 g/mol. The van der Waals surface area contributed by atoms with Crippen molar-refractivity contribution in [3.63, 3.8) is 0 Å². The van der Waals surface area contributed by atoms with Crippen LogP contribution in [0.4, 0.5) is 0 Å². The van der Waals surface area contributed by atoms with Gasteiger partial charge in [-0.05, 0) is 30.2 Å². The molecule has 22 heavy (non-hydrogen) atoms. The zero-order valence-electron chi connectivity index (χ0n) is 12.3. The van der Waals surface area contributed by atoms with Crippen LogP contribution in [0.15, 0.2) is 36.8 Å². The largest absolute Gasteiger partial charge is 0.379 e. The fourth-order valence-electron chi connectivity index (χ4n) is 2.77. The Balaban J connectivity index is 1.66. The minimum absolute atomic E-state index is 0.00865. The number of nitrogens with one attached hydrogen (secondary N) is 1. The molecule has 1 N–H and O–H groups in total. The van der Waals surface area contributed by atoms with Gasteiger partial charge >= 0.3 is 0 Å². The van der Waals surface area contributed by atoms with Gasteiger partial charge in [-0.25, -0.2) is 0 Å². The Bertz CT molecular complexity index is 657. The maximum atomic E-state index is 12.4. The lowest BCUT2D eigenvalue weighted by Crippen LogP contribution is -2.41. The van der Waals surface area contributed by atoms with E-state index in [2.05, 4.69) is 10.3 Å². The third kappa shape index (κ3) is 3.31. The molecule has 0 spiro atoms. The first kappa shape index (κ1) is 15.1. The highest BCUT2D eigenvalue weighted by molar-refractivity contribution is 6.31. The molecule has 1 saturated heterocycles. The average Bonchev–Trinajstić information content (AvgIpc) is 3.06. The fraction of sp³-hybridized carbons (Fsp3) is 0.375. The lowest BCUT2D eigenvalue weighted by molar-refractivity contribution is 0.0917. The molecule has 5 nitrogen and oxygen atoms in total. The second-order valence-corrected chi connectivity index (χ2v) is 6.03. The topological polar surface area (TPSA) is 56.2 Å². The Morgan fingerprint density at radius 1 is 1.45 bits per heavy atom. The maximum Gasteiger partial charge on any atom is 0.268 e. The van der Waals surface area contributed by atoms with E-state index in [1.165, 1.54) is 5.56 Å². The van der Waals surface area contributed by atoms with Gasteiger partial charge in [0, 0.05) is 31.6 Å². The number of halogens is 1. The van der Waals surface area contributed by atoms with Gasteiger partial charge in [-0.2, -0.15) is 0 Å². The Morgan fingerprint density at radius 3 is 2.91 bits per heavy atom. The van der Waals surface area contributed by atoms with Crippen LogP contribution in [0.3, 0.4) is 0 Å². The van der Waals surface area contributed by atoms with E-state index in [1.807, 2.05) is 12.1 Å². The number of hydrogen-bond donors (Lipinski definition) is 1. The molecule has 0 aliphatic carbocycles. The lowest BCUT2D eigenvalue weighted by Gasteiger charge is -2.19. The maximum absolute atomic E-state index is 12.4. The van der Waals surface area contributed by atoms with Crippen LogP contribution in [0.2, 0.25) is 5.02 Å². The van der Waals surface area contributed by atoms with E-state index in [-0.39, 0.29) is 17.9 Å². The Kier molecular flexibility index (Phi) is 4.45. The van der Waals surface area contributed by atoms with Crippen LogP contribution in [-0.4, -0.2) is 34.7 Å². The zero-order chi connectivity index (χ0) is 15.5. The molecule has 0 bridgehead atoms. The Labute approximate surface area is 134 Å². The average molecular weight is 320 g/mol. The molecule has 1 aliphatic rings. The standard InChI is InChI=1S/C16H18ClN3O2/c1-20-8-13(17)7-15(20)16(21)19-14-10-22-9-12(14)6-11-2-4-18-5-3-11/h2-5,7-8,12,14H,6,9-10H2,1H3,(H,19,21)/t12-,14+/m1/s1. The van der Waals surface area contributed by atoms with Crippen molar-refractivity contribution < 1.29 is 9.53 Å². The minimum atomic E-state index is -0.121. The van der Waals surface area contributed by atoms with E-state index in [4.69, 9.17) is 16.3 Å². The van der Waals surface area contributed by atoms with Gasteiger partial charge in [0.05, 0.1) is 24.3 Å². The van der Waals surface area contributed by atoms with Crippen molar-refractivity contribution >= 4 is 17.5 Å². The highest BCUT2D eigenvalue weighted by Crippen LogP contribution is 2.20. The van der Waals surface area contributed by atoms with E-state index >= 15 is 0 Å². The van der Waals surface area contributed by atoms with Crippen molar-refractivity contribution in [1.82, 2.24) is 14.9 Å². The molecular weight excluding hydrogens is 302 g/mol. The number of carbonyl (C=O) groups is 1. The summed E-state index contributed by atoms with van der Waals surface area (Å²) < 4.78 is 7.28. The summed E-state index contributed by atoms with van der Waals surface area (Å²) in [5.74, 6) is 0.145. The number of nitrogens with zero attached hydrogens (tertiary/aromatic N) is 2. The number of rotatable bonds is 4. The van der Waals surface area contributed by atoms with Gasteiger partial charge in [0.1, 0.15) is 5.69 Å². The first-order valence-corrected chi connectivity index (χ1v) is 7.60. The number of aryl methyl sites for hydroxylation is 1. The summed E-state index contributed by atoms with van der Waals surface area (Å²) in [6, 6.07) is 5.67. The number of pyridine rings is 1. The van der Waals surface area contributed by atoms with Gasteiger partial charge < -0.3 is 14.6 Å². The van der Waals surface area contributed by atoms with Crippen LogP contribution < -0.4 is 5.32 Å². The van der Waals surface area contributed by atoms with Gasteiger partial charge in [0.2, 0.25) is 0 Å². The summed E-state index contributed by atoms with van der Waals surface area (Å²) in [7, 11) is 1.81. The molecule has 116 valence electrons. The predicted molar refractivity (Wildman–Crippen MR) is 83.9 cm³/mol. The molecule has 2 atom stereocenters. The summed E-state index contributed by atoms with van der Waals surface area (Å²) in [5.41, 5.74) is 1.76. The van der Waals surface area contributed by atoms with Crippen molar-refractivity contribution in [3.8, 4) is 0 Å². The van der Waals surface area contributed by atoms with Crippen molar-refractivity contribution in [2.75, 3.05) is 13.2 Å². The zero-order valence-corrected chi connectivity index (χ0v) is 13.1. The van der Waals surface area contributed by atoms with E-state index in [1.54, 1.807) is 36.3 Å². The molecule has 2 aromatic rings. The third-order valence-electron chi connectivity index (χ3n) is 3.97. The van der Waals surface area contributed by atoms with Gasteiger partial charge in [-0.1, -0.05) is 11.6 Å². The molecule has 0 unspecified atom stereocenters. The van der Waals surface area contributed by atoms with Crippen LogP contribution in [0.5, 0.6) is 0 Å². The highest BCUT2D eigenvalue weighted by atomic mass is 35.5. The molecule has 6 heteroatoms. The van der Waals surface area contributed by atoms with Gasteiger partial charge in [0.25, 0.3) is 5.91 Å².